The average Bonchev–Trinajstić information content (AvgIpc) is 2.45. The summed E-state index contributed by atoms with van der Waals surface area (Å²) in [6, 6.07) is 0. The third kappa shape index (κ3) is 10.8. The van der Waals surface area contributed by atoms with Gasteiger partial charge in [0.05, 0.1) is 0 Å². The zero-order valence-electron chi connectivity index (χ0n) is 14.7. The van der Waals surface area contributed by atoms with Crippen LogP contribution < -0.4 is 0 Å². The van der Waals surface area contributed by atoms with Gasteiger partial charge in [-0.2, -0.15) is 0 Å². The predicted octanol–water partition coefficient (Wildman–Crippen LogP) is -3.25. The zero-order valence-corrected chi connectivity index (χ0v) is 19.2. The van der Waals surface area contributed by atoms with E-state index in [2.05, 4.69) is 22.6 Å². The van der Waals surface area contributed by atoms with Crippen molar-refractivity contribution in [2.75, 3.05) is 0 Å². The predicted molar refractivity (Wildman–Crippen MR) is 90.6 cm³/mol. The molecule has 6 atom stereocenters. The Bertz CT molecular complexity index is 824. The van der Waals surface area contributed by atoms with E-state index in [1.807, 2.05) is 0 Å². The second-order valence-corrected chi connectivity index (χ2v) is 11.8. The van der Waals surface area contributed by atoms with Crippen LogP contribution in [-0.2, 0) is 45.4 Å². The number of aliphatic hydroxyl groups excluding tert-OH is 1. The van der Waals surface area contributed by atoms with E-state index >= 15 is 0 Å². The van der Waals surface area contributed by atoms with Gasteiger partial charge in [0, 0.05) is 0 Å². The van der Waals surface area contributed by atoms with Crippen molar-refractivity contribution < 1.29 is 99.5 Å². The van der Waals surface area contributed by atoms with Crippen molar-refractivity contribution in [1.29, 1.82) is 0 Å². The van der Waals surface area contributed by atoms with Crippen LogP contribution in [-0.4, -0.2) is 90.7 Å². The lowest BCUT2D eigenvalue weighted by Gasteiger charge is -2.47. The van der Waals surface area contributed by atoms with Crippen molar-refractivity contribution >= 4 is 39.1 Å². The van der Waals surface area contributed by atoms with E-state index in [1.54, 1.807) is 0 Å². The number of hydrogen-bond donors (Lipinski definition) is 11. The lowest BCUT2D eigenvalue weighted by Crippen LogP contribution is -2.66. The molecule has 1 aliphatic carbocycles. The topological polar surface area (TPSA) is 354 Å². The maximum absolute atomic E-state index is 11.3. The van der Waals surface area contributed by atoms with Crippen LogP contribution in [0, 0.1) is 0 Å². The van der Waals surface area contributed by atoms with Crippen LogP contribution in [0.4, 0.5) is 0 Å². The molecule has 21 nitrogen and oxygen atoms in total. The molecule has 0 amide bonds. The Labute approximate surface area is 176 Å². The summed E-state index contributed by atoms with van der Waals surface area (Å²) in [5, 5.41) is 10.3. The summed E-state index contributed by atoms with van der Waals surface area (Å²) in [7, 11) is -29.1. The number of rotatable bonds is 10. The molecular weight excluding hydrogens is 563 g/mol. The Balaban J connectivity index is 3.77. The van der Waals surface area contributed by atoms with Crippen LogP contribution in [0.3, 0.4) is 0 Å². The molecule has 1 saturated carbocycles. The van der Waals surface area contributed by atoms with E-state index in [1.165, 1.54) is 0 Å². The summed E-state index contributed by atoms with van der Waals surface area (Å²) in [4.78, 5) is 90.1. The Morgan fingerprint density at radius 1 is 0.375 bits per heavy atom. The van der Waals surface area contributed by atoms with Crippen molar-refractivity contribution in [3.8, 4) is 0 Å². The van der Waals surface area contributed by atoms with Crippen LogP contribution in [0.25, 0.3) is 0 Å². The fourth-order valence-electron chi connectivity index (χ4n) is 2.53. The summed E-state index contributed by atoms with van der Waals surface area (Å²) in [6.45, 7) is 0. The van der Waals surface area contributed by atoms with Crippen LogP contribution in [0.1, 0.15) is 0 Å². The highest BCUT2D eigenvalue weighted by Crippen LogP contribution is 2.54. The van der Waals surface area contributed by atoms with Gasteiger partial charge in [0.2, 0.25) is 0 Å². The molecule has 0 aromatic heterocycles. The van der Waals surface area contributed by atoms with Gasteiger partial charge in [0.25, 0.3) is 0 Å². The quantitative estimate of drug-likeness (QED) is 0.113. The Hall–Kier alpha value is 0.510. The number of hydrogen-bond acceptors (Lipinski definition) is 11. The molecule has 26 heteroatoms. The van der Waals surface area contributed by atoms with Crippen molar-refractivity contribution in [3.63, 3.8) is 0 Å². The van der Waals surface area contributed by atoms with Gasteiger partial charge in [-0.3, -0.25) is 22.6 Å². The normalized spacial score (nSPS) is 31.0. The number of aliphatic hydroxyl groups is 1. The average molecular weight is 580 g/mol. The number of phosphoric acid groups is 5. The minimum atomic E-state index is -5.86. The fraction of sp³-hybridized carbons (Fsp3) is 1.00. The molecule has 0 bridgehead atoms. The lowest BCUT2D eigenvalue weighted by molar-refractivity contribution is -0.205. The van der Waals surface area contributed by atoms with E-state index in [-0.39, 0.29) is 0 Å². The summed E-state index contributed by atoms with van der Waals surface area (Å²) < 4.78 is 76.6. The molecule has 0 radical (unpaired) electrons. The molecule has 1 fully saturated rings. The Morgan fingerprint density at radius 3 is 0.719 bits per heavy atom. The highest BCUT2D eigenvalue weighted by molar-refractivity contribution is 7.47. The van der Waals surface area contributed by atoms with Crippen molar-refractivity contribution in [2.45, 2.75) is 36.6 Å². The highest BCUT2D eigenvalue weighted by atomic mass is 31.2. The maximum atomic E-state index is 11.3. The number of phosphoric ester groups is 5. The van der Waals surface area contributed by atoms with Gasteiger partial charge in [-0.15, -0.1) is 0 Å². The Kier molecular flexibility index (Phi) is 9.78. The van der Waals surface area contributed by atoms with Crippen molar-refractivity contribution in [2.24, 2.45) is 0 Å². The minimum absolute atomic E-state index is 2.85. The molecule has 192 valence electrons. The monoisotopic (exact) mass is 580 g/mol. The second-order valence-electron chi connectivity index (χ2n) is 5.79. The standard InChI is InChI=1S/C6H17O21P5/c7-1-2(23-28(8,9)10)4(25-30(14,15)16)6(27-32(20,21)22)5(26-31(17,18)19)3(1)24-29(11,12)13/h1-7H,(H2,8,9,10)(H2,11,12,13)(H2,14,15,16)(H2,17,18,19)(H2,20,21,22)/t1-,2-,3-,4+,5-,6-/m0/s1. The molecule has 1 rings (SSSR count). The van der Waals surface area contributed by atoms with Crippen LogP contribution in [0.15, 0.2) is 0 Å². The maximum Gasteiger partial charge on any atom is 0.470 e. The SMILES string of the molecule is O=P(O)(O)O[C@@H]1[C@@H](OP(=O)(O)O)[C@@H](OP(=O)(O)O)[C@@H](O)[C@H](OP(=O)(O)O)[C@H]1OP(=O)(O)O. The van der Waals surface area contributed by atoms with E-state index in [0.29, 0.717) is 0 Å². The second kappa shape index (κ2) is 10.2. The summed E-state index contributed by atoms with van der Waals surface area (Å²) >= 11 is 0. The van der Waals surface area contributed by atoms with Crippen LogP contribution in [0.2, 0.25) is 0 Å². The zero-order chi connectivity index (χ0) is 25.5. The molecular formula is C6H17O21P5. The Morgan fingerprint density at radius 2 is 0.531 bits per heavy atom. The fourth-order valence-corrected chi connectivity index (χ4v) is 5.33. The molecule has 1 aliphatic rings. The smallest absolute Gasteiger partial charge is 0.387 e. The third-order valence-electron chi connectivity index (χ3n) is 3.26. The highest BCUT2D eigenvalue weighted by Gasteiger charge is 2.60. The van der Waals surface area contributed by atoms with Crippen LogP contribution in [0.5, 0.6) is 0 Å². The molecule has 0 spiro atoms. The van der Waals surface area contributed by atoms with Gasteiger partial charge < -0.3 is 54.0 Å². The summed E-state index contributed by atoms with van der Waals surface area (Å²) in [5.41, 5.74) is 0. The first-order valence-electron chi connectivity index (χ1n) is 7.26. The van der Waals surface area contributed by atoms with E-state index in [9.17, 15) is 27.9 Å². The van der Waals surface area contributed by atoms with Gasteiger partial charge in [0.15, 0.2) is 0 Å². The molecule has 0 unspecified atom stereocenters. The lowest BCUT2D eigenvalue weighted by atomic mass is 9.85. The van der Waals surface area contributed by atoms with Gasteiger partial charge in [-0.1, -0.05) is 0 Å². The van der Waals surface area contributed by atoms with Crippen LogP contribution >= 0.6 is 39.1 Å². The van der Waals surface area contributed by atoms with E-state index in [4.69, 9.17) is 48.9 Å². The van der Waals surface area contributed by atoms with Gasteiger partial charge >= 0.3 is 39.1 Å². The third-order valence-corrected chi connectivity index (χ3v) is 5.85. The first-order chi connectivity index (χ1) is 13.9. The van der Waals surface area contributed by atoms with Crippen molar-refractivity contribution in [1.82, 2.24) is 0 Å². The summed E-state index contributed by atoms with van der Waals surface area (Å²) in [6.07, 6.45) is -17.4. The molecule has 0 saturated heterocycles. The van der Waals surface area contributed by atoms with Crippen molar-refractivity contribution in [3.05, 3.63) is 0 Å². The first kappa shape index (κ1) is 30.5. The molecule has 11 N–H and O–H groups in total. The molecule has 0 aliphatic heterocycles. The molecule has 32 heavy (non-hydrogen) atoms. The molecule has 0 aromatic carbocycles. The van der Waals surface area contributed by atoms with Gasteiger partial charge in [-0.05, 0) is 0 Å². The molecule has 0 aromatic rings. The van der Waals surface area contributed by atoms with E-state index in [0.717, 1.165) is 0 Å². The first-order valence-corrected chi connectivity index (χ1v) is 14.9. The largest absolute Gasteiger partial charge is 0.470 e. The van der Waals surface area contributed by atoms with Gasteiger partial charge in [0.1, 0.15) is 36.6 Å². The van der Waals surface area contributed by atoms with Gasteiger partial charge in [-0.25, -0.2) is 22.8 Å². The summed E-state index contributed by atoms with van der Waals surface area (Å²) in [5.74, 6) is 0. The molecule has 0 heterocycles. The van der Waals surface area contributed by atoms with E-state index < -0.39 is 75.7 Å². The minimum Gasteiger partial charge on any atom is -0.387 e.